The van der Waals surface area contributed by atoms with Gasteiger partial charge in [-0.05, 0) is 78.4 Å². The van der Waals surface area contributed by atoms with Crippen molar-refractivity contribution in [2.24, 2.45) is 0 Å². The number of nitrogens with zero attached hydrogens (tertiary/aromatic N) is 3. The van der Waals surface area contributed by atoms with Gasteiger partial charge in [0, 0.05) is 40.7 Å². The maximum Gasteiger partial charge on any atom is 0.349 e. The lowest BCUT2D eigenvalue weighted by atomic mass is 9.95. The molecule has 46 heavy (non-hydrogen) atoms. The Morgan fingerprint density at radius 2 is 2.04 bits per heavy atom. The van der Waals surface area contributed by atoms with Crippen molar-refractivity contribution in [1.82, 2.24) is 14.9 Å². The highest BCUT2D eigenvalue weighted by molar-refractivity contribution is 7.17. The molecule has 0 spiro atoms. The number of ether oxygens (including phenoxy) is 1. The molecular weight excluding hydrogens is 610 g/mol. The summed E-state index contributed by atoms with van der Waals surface area (Å²) in [6.07, 6.45) is 1.26. The van der Waals surface area contributed by atoms with Crippen LogP contribution in [0.3, 0.4) is 0 Å². The Morgan fingerprint density at radius 3 is 2.93 bits per heavy atom. The number of phenolic OH excluding ortho intramolecular Hbond substituents is 1. The fourth-order valence-electron chi connectivity index (χ4n) is 7.27. The minimum absolute atomic E-state index is 0.0406. The van der Waals surface area contributed by atoms with E-state index < -0.39 is 23.2 Å². The highest BCUT2D eigenvalue weighted by Crippen LogP contribution is 2.41. The van der Waals surface area contributed by atoms with Crippen molar-refractivity contribution < 1.29 is 23.0 Å². The molecule has 2 aliphatic heterocycles. The van der Waals surface area contributed by atoms with Crippen LogP contribution in [0.1, 0.15) is 30.4 Å². The Kier molecular flexibility index (Phi) is 6.91. The van der Waals surface area contributed by atoms with Crippen molar-refractivity contribution in [2.45, 2.75) is 44.4 Å². The second kappa shape index (κ2) is 11.0. The lowest BCUT2D eigenvalue weighted by molar-refractivity contribution is 0.107. The summed E-state index contributed by atoms with van der Waals surface area (Å²) in [6, 6.07) is 15.5. The van der Waals surface area contributed by atoms with E-state index in [-0.39, 0.29) is 51.8 Å². The molecule has 2 fully saturated rings. The first-order valence-corrected chi connectivity index (χ1v) is 16.2. The van der Waals surface area contributed by atoms with Crippen LogP contribution in [0.2, 0.25) is 0 Å². The number of fused-ring (bicyclic) bond motifs is 4. The number of aromatic nitrogens is 2. The van der Waals surface area contributed by atoms with Gasteiger partial charge in [0.25, 0.3) is 0 Å². The Bertz CT molecular complexity index is 2220. The molecule has 8 rings (SSSR count). The molecule has 2 atom stereocenters. The standard InChI is InChI=1S/C35H30F2N4O4S/c1-19-30-29(33(43)45-31(19)25-14-23(42)13-20-5-2-7-26(37)28(20)25)32(38-16-21-6-3-8-27-24(21)9-12-46-27)40-34(39-30)44-18-35-10-4-11-41(35)17-22(36)15-35/h2-3,5-9,12-14,22,42H,4,10-11,15-18H2,1H3,(H,38,39,40)/t22-,35+/m1/s1. The van der Waals surface area contributed by atoms with Crippen LogP contribution in [-0.2, 0) is 6.54 Å². The maximum atomic E-state index is 15.2. The summed E-state index contributed by atoms with van der Waals surface area (Å²) in [4.78, 5) is 25.3. The second-order valence-electron chi connectivity index (χ2n) is 12.2. The molecule has 234 valence electrons. The molecule has 0 saturated carbocycles. The minimum atomic E-state index is -0.912. The van der Waals surface area contributed by atoms with Gasteiger partial charge >= 0.3 is 11.6 Å². The molecule has 3 aromatic carbocycles. The van der Waals surface area contributed by atoms with E-state index in [2.05, 4.69) is 27.3 Å². The summed E-state index contributed by atoms with van der Waals surface area (Å²) in [5.74, 6) is -0.304. The largest absolute Gasteiger partial charge is 0.508 e. The number of alkyl halides is 1. The SMILES string of the molecule is Cc1c(-c2cc(O)cc3cccc(F)c23)oc(=O)c2c(NCc3cccc4sccc34)nc(OC[C@@]34CCCN3C[C@H](F)C4)nc12. The van der Waals surface area contributed by atoms with Gasteiger partial charge in [-0.1, -0.05) is 24.3 Å². The highest BCUT2D eigenvalue weighted by Gasteiger charge is 2.49. The molecule has 5 heterocycles. The summed E-state index contributed by atoms with van der Waals surface area (Å²) in [5, 5.41) is 17.7. The quantitative estimate of drug-likeness (QED) is 0.187. The third-order valence-electron chi connectivity index (χ3n) is 9.40. The number of anilines is 1. The van der Waals surface area contributed by atoms with Gasteiger partial charge in [-0.25, -0.2) is 13.6 Å². The topological polar surface area (TPSA) is 101 Å². The number of nitrogens with one attached hydrogen (secondary N) is 1. The van der Waals surface area contributed by atoms with E-state index in [1.165, 1.54) is 18.2 Å². The molecule has 2 aliphatic rings. The van der Waals surface area contributed by atoms with Gasteiger partial charge in [-0.2, -0.15) is 9.97 Å². The summed E-state index contributed by atoms with van der Waals surface area (Å²) in [7, 11) is 0. The number of aryl methyl sites for hydroxylation is 1. The zero-order valence-corrected chi connectivity index (χ0v) is 25.8. The summed E-state index contributed by atoms with van der Waals surface area (Å²) in [6.45, 7) is 3.51. The first-order valence-electron chi connectivity index (χ1n) is 15.3. The first-order chi connectivity index (χ1) is 22.3. The van der Waals surface area contributed by atoms with E-state index in [0.29, 0.717) is 30.5 Å². The second-order valence-corrected chi connectivity index (χ2v) is 13.2. The molecule has 0 bridgehead atoms. The maximum absolute atomic E-state index is 15.2. The van der Waals surface area contributed by atoms with Gasteiger partial charge in [0.15, 0.2) is 0 Å². The predicted octanol–water partition coefficient (Wildman–Crippen LogP) is 7.34. The minimum Gasteiger partial charge on any atom is -0.508 e. The molecule has 6 aromatic rings. The van der Waals surface area contributed by atoms with Crippen LogP contribution in [-0.4, -0.2) is 51.4 Å². The van der Waals surface area contributed by atoms with Gasteiger partial charge in [0.1, 0.15) is 41.3 Å². The Morgan fingerprint density at radius 1 is 1.17 bits per heavy atom. The number of halogens is 2. The molecular formula is C35H30F2N4O4S. The van der Waals surface area contributed by atoms with Crippen molar-refractivity contribution in [3.05, 3.63) is 87.3 Å². The Balaban J connectivity index is 1.26. The zero-order valence-electron chi connectivity index (χ0n) is 25.0. The van der Waals surface area contributed by atoms with E-state index in [4.69, 9.17) is 14.1 Å². The highest BCUT2D eigenvalue weighted by atomic mass is 32.1. The molecule has 8 nitrogen and oxygen atoms in total. The van der Waals surface area contributed by atoms with E-state index >= 15 is 4.39 Å². The van der Waals surface area contributed by atoms with Gasteiger partial charge in [-0.3, -0.25) is 4.90 Å². The van der Waals surface area contributed by atoms with Crippen molar-refractivity contribution in [1.29, 1.82) is 0 Å². The van der Waals surface area contributed by atoms with Crippen molar-refractivity contribution in [3.8, 4) is 23.1 Å². The molecule has 3 aromatic heterocycles. The van der Waals surface area contributed by atoms with E-state index in [1.54, 1.807) is 30.4 Å². The Hall–Kier alpha value is -4.61. The molecule has 0 aliphatic carbocycles. The van der Waals surface area contributed by atoms with Crippen molar-refractivity contribution >= 4 is 48.9 Å². The van der Waals surface area contributed by atoms with Gasteiger partial charge < -0.3 is 19.6 Å². The van der Waals surface area contributed by atoms with E-state index in [0.717, 1.165) is 35.0 Å². The smallest absolute Gasteiger partial charge is 0.349 e. The number of rotatable bonds is 7. The third-order valence-corrected chi connectivity index (χ3v) is 10.3. The van der Waals surface area contributed by atoms with Gasteiger partial charge in [0.2, 0.25) is 0 Å². The van der Waals surface area contributed by atoms with Crippen molar-refractivity contribution in [3.63, 3.8) is 0 Å². The molecule has 11 heteroatoms. The van der Waals surface area contributed by atoms with Crippen LogP contribution >= 0.6 is 11.3 Å². The van der Waals surface area contributed by atoms with Crippen LogP contribution in [0.25, 0.3) is 43.1 Å². The fraction of sp³-hybridized carbons (Fsp3) is 0.286. The van der Waals surface area contributed by atoms with Crippen LogP contribution < -0.4 is 15.7 Å². The molecule has 2 saturated heterocycles. The molecule has 0 amide bonds. The summed E-state index contributed by atoms with van der Waals surface area (Å²) < 4.78 is 42.9. The average molecular weight is 641 g/mol. The number of hydrogen-bond acceptors (Lipinski definition) is 9. The summed E-state index contributed by atoms with van der Waals surface area (Å²) >= 11 is 1.65. The van der Waals surface area contributed by atoms with Crippen LogP contribution in [0.15, 0.2) is 69.2 Å². The fourth-order valence-corrected chi connectivity index (χ4v) is 8.10. The average Bonchev–Trinajstić information content (AvgIpc) is 3.74. The normalized spacial score (nSPS) is 19.8. The third kappa shape index (κ3) is 4.76. The molecule has 0 unspecified atom stereocenters. The Labute approximate surface area is 266 Å². The predicted molar refractivity (Wildman–Crippen MR) is 175 cm³/mol. The number of hydrogen-bond donors (Lipinski definition) is 2. The first kappa shape index (κ1) is 28.8. The number of phenols is 1. The number of thiophene rings is 1. The van der Waals surface area contributed by atoms with E-state index in [9.17, 15) is 14.3 Å². The van der Waals surface area contributed by atoms with Crippen molar-refractivity contribution in [2.75, 3.05) is 25.0 Å². The number of aromatic hydroxyl groups is 1. The monoisotopic (exact) mass is 640 g/mol. The van der Waals surface area contributed by atoms with Crippen LogP contribution in [0, 0.1) is 12.7 Å². The lowest BCUT2D eigenvalue weighted by Gasteiger charge is -2.30. The number of benzene rings is 3. The summed E-state index contributed by atoms with van der Waals surface area (Å²) in [5.41, 5.74) is 0.829. The lowest BCUT2D eigenvalue weighted by Crippen LogP contribution is -2.43. The van der Waals surface area contributed by atoms with Gasteiger partial charge in [-0.15, -0.1) is 11.3 Å². The van der Waals surface area contributed by atoms with Crippen LogP contribution in [0.4, 0.5) is 14.6 Å². The van der Waals surface area contributed by atoms with Crippen LogP contribution in [0.5, 0.6) is 11.8 Å². The molecule has 0 radical (unpaired) electrons. The van der Waals surface area contributed by atoms with E-state index in [1.807, 2.05) is 17.5 Å². The molecule has 2 N–H and O–H groups in total. The zero-order chi connectivity index (χ0) is 31.6. The van der Waals surface area contributed by atoms with Gasteiger partial charge in [0.05, 0.1) is 11.1 Å².